The second kappa shape index (κ2) is 13.4. The molecule has 12 heteroatoms. The monoisotopic (exact) mass is 597 g/mol. The van der Waals surface area contributed by atoms with E-state index in [9.17, 15) is 14.4 Å². The van der Waals surface area contributed by atoms with E-state index >= 15 is 0 Å². The van der Waals surface area contributed by atoms with Gasteiger partial charge in [-0.05, 0) is 61.0 Å². The molecule has 198 valence electrons. The lowest BCUT2D eigenvalue weighted by Gasteiger charge is -2.12. The maximum absolute atomic E-state index is 13.3. The van der Waals surface area contributed by atoms with Crippen molar-refractivity contribution >= 4 is 80.9 Å². The van der Waals surface area contributed by atoms with Crippen LogP contribution < -0.4 is 16.0 Å². The fourth-order valence-electron chi connectivity index (χ4n) is 3.23. The summed E-state index contributed by atoms with van der Waals surface area (Å²) in [5.74, 6) is -1.09. The predicted molar refractivity (Wildman–Crippen MR) is 157 cm³/mol. The van der Waals surface area contributed by atoms with Crippen LogP contribution in [0.25, 0.3) is 6.08 Å². The van der Waals surface area contributed by atoms with Crippen LogP contribution in [-0.4, -0.2) is 33.7 Å². The lowest BCUT2D eigenvalue weighted by molar-refractivity contribution is -0.114. The minimum atomic E-state index is -0.558. The molecule has 1 aromatic heterocycles. The van der Waals surface area contributed by atoms with Crippen molar-refractivity contribution in [1.29, 1.82) is 0 Å². The minimum absolute atomic E-state index is 0.0159. The molecule has 3 aromatic carbocycles. The molecule has 0 radical (unpaired) electrons. The molecule has 0 saturated heterocycles. The molecule has 0 spiro atoms. The van der Waals surface area contributed by atoms with Crippen LogP contribution in [0.3, 0.4) is 0 Å². The number of carbonyl (C=O) groups excluding carboxylic acids is 3. The van der Waals surface area contributed by atoms with Crippen LogP contribution in [0.15, 0.2) is 83.4 Å². The van der Waals surface area contributed by atoms with Gasteiger partial charge in [-0.2, -0.15) is 0 Å². The molecule has 8 nitrogen and oxygen atoms in total. The maximum Gasteiger partial charge on any atom is 0.272 e. The molecule has 39 heavy (non-hydrogen) atoms. The topological polar surface area (TPSA) is 113 Å². The van der Waals surface area contributed by atoms with Gasteiger partial charge in [0.15, 0.2) is 0 Å². The average molecular weight is 599 g/mol. The van der Waals surface area contributed by atoms with E-state index in [1.165, 1.54) is 29.2 Å². The summed E-state index contributed by atoms with van der Waals surface area (Å²) in [5.41, 5.74) is 1.35. The van der Waals surface area contributed by atoms with Crippen LogP contribution in [0.4, 0.5) is 10.8 Å². The molecule has 0 aliphatic carbocycles. The minimum Gasteiger partial charge on any atom is -0.321 e. The van der Waals surface area contributed by atoms with Gasteiger partial charge >= 0.3 is 0 Å². The van der Waals surface area contributed by atoms with E-state index in [1.54, 1.807) is 73.7 Å². The van der Waals surface area contributed by atoms with Gasteiger partial charge in [-0.25, -0.2) is 0 Å². The molecule has 0 aliphatic heterocycles. The molecule has 0 saturated carbocycles. The Labute approximate surface area is 242 Å². The predicted octanol–water partition coefficient (Wildman–Crippen LogP) is 6.29. The second-order valence-corrected chi connectivity index (χ2v) is 11.1. The van der Waals surface area contributed by atoms with Gasteiger partial charge in [0, 0.05) is 26.2 Å². The van der Waals surface area contributed by atoms with E-state index in [-0.39, 0.29) is 17.4 Å². The van der Waals surface area contributed by atoms with Gasteiger partial charge in [-0.15, -0.1) is 22.0 Å². The summed E-state index contributed by atoms with van der Waals surface area (Å²) in [6.07, 6.45) is 1.48. The third-order valence-electron chi connectivity index (χ3n) is 5.03. The van der Waals surface area contributed by atoms with Crippen molar-refractivity contribution < 1.29 is 14.4 Å². The first-order valence-corrected chi connectivity index (χ1v) is 14.0. The first-order valence-electron chi connectivity index (χ1n) is 11.4. The summed E-state index contributed by atoms with van der Waals surface area (Å²) in [6.45, 7) is 1.81. The molecular weight excluding hydrogens is 577 g/mol. The third-order valence-corrected chi connectivity index (χ3v) is 7.34. The van der Waals surface area contributed by atoms with Crippen LogP contribution in [0.1, 0.15) is 20.9 Å². The molecule has 4 aromatic rings. The molecule has 3 amide bonds. The Bertz CT molecular complexity index is 1540. The van der Waals surface area contributed by atoms with Crippen molar-refractivity contribution in [2.24, 2.45) is 0 Å². The van der Waals surface area contributed by atoms with E-state index in [0.717, 1.165) is 9.90 Å². The van der Waals surface area contributed by atoms with Crippen molar-refractivity contribution in [1.82, 2.24) is 15.5 Å². The highest BCUT2D eigenvalue weighted by Gasteiger charge is 2.16. The zero-order valence-corrected chi connectivity index (χ0v) is 23.5. The SMILES string of the molecule is Cc1nnc(NC(=O)CSc2cccc(NC(=O)/C(=C\c3ccc(Cl)cc3Cl)NC(=O)c3ccccc3)c2)s1. The number of halogens is 2. The number of nitrogens with zero attached hydrogens (tertiary/aromatic N) is 2. The van der Waals surface area contributed by atoms with Gasteiger partial charge in [0.1, 0.15) is 10.7 Å². The molecule has 0 fully saturated rings. The molecule has 3 N–H and O–H groups in total. The number of nitrogens with one attached hydrogen (secondary N) is 3. The van der Waals surface area contributed by atoms with E-state index in [2.05, 4.69) is 26.1 Å². The number of hydrogen-bond donors (Lipinski definition) is 3. The normalized spacial score (nSPS) is 11.1. The Morgan fingerprint density at radius 3 is 2.46 bits per heavy atom. The zero-order valence-electron chi connectivity index (χ0n) is 20.4. The van der Waals surface area contributed by atoms with Crippen LogP contribution in [0.5, 0.6) is 0 Å². The molecular formula is C27H21Cl2N5O3S2. The smallest absolute Gasteiger partial charge is 0.272 e. The van der Waals surface area contributed by atoms with Crippen LogP contribution in [0, 0.1) is 6.92 Å². The Kier molecular flexibility index (Phi) is 9.72. The Morgan fingerprint density at radius 1 is 0.949 bits per heavy atom. The van der Waals surface area contributed by atoms with Crippen LogP contribution in [0.2, 0.25) is 10.0 Å². The number of amides is 3. The Balaban J connectivity index is 1.48. The van der Waals surface area contributed by atoms with Crippen LogP contribution in [-0.2, 0) is 9.59 Å². The van der Waals surface area contributed by atoms with Crippen LogP contribution >= 0.6 is 46.3 Å². The molecule has 0 atom stereocenters. The quantitative estimate of drug-likeness (QED) is 0.154. The number of benzene rings is 3. The van der Waals surface area contributed by atoms with E-state index in [4.69, 9.17) is 23.2 Å². The maximum atomic E-state index is 13.3. The lowest BCUT2D eigenvalue weighted by atomic mass is 10.1. The number of anilines is 2. The average Bonchev–Trinajstić information content (AvgIpc) is 3.33. The molecule has 0 bridgehead atoms. The molecule has 0 unspecified atom stereocenters. The third kappa shape index (κ3) is 8.39. The number of aryl methyl sites for hydroxylation is 1. The molecule has 4 rings (SSSR count). The van der Waals surface area contributed by atoms with Gasteiger partial charge in [-0.3, -0.25) is 19.7 Å². The summed E-state index contributed by atoms with van der Waals surface area (Å²) >= 11 is 14.9. The van der Waals surface area contributed by atoms with E-state index in [0.29, 0.717) is 32.0 Å². The zero-order chi connectivity index (χ0) is 27.8. The highest BCUT2D eigenvalue weighted by Crippen LogP contribution is 2.25. The van der Waals surface area contributed by atoms with Crippen molar-refractivity contribution in [3.63, 3.8) is 0 Å². The highest BCUT2D eigenvalue weighted by atomic mass is 35.5. The van der Waals surface area contributed by atoms with Gasteiger partial charge in [-0.1, -0.05) is 64.9 Å². The first kappa shape index (κ1) is 28.3. The van der Waals surface area contributed by atoms with Gasteiger partial charge in [0.05, 0.1) is 5.75 Å². The van der Waals surface area contributed by atoms with Gasteiger partial charge < -0.3 is 10.6 Å². The summed E-state index contributed by atoms with van der Waals surface area (Å²) < 4.78 is 0. The largest absolute Gasteiger partial charge is 0.321 e. The highest BCUT2D eigenvalue weighted by molar-refractivity contribution is 8.00. The summed E-state index contributed by atoms with van der Waals surface area (Å²) in [4.78, 5) is 39.2. The fourth-order valence-corrected chi connectivity index (χ4v) is 5.06. The number of thioether (sulfide) groups is 1. The van der Waals surface area contributed by atoms with Crippen molar-refractivity contribution in [2.45, 2.75) is 11.8 Å². The number of rotatable bonds is 9. The van der Waals surface area contributed by atoms with Crippen molar-refractivity contribution in [3.05, 3.63) is 105 Å². The fraction of sp³-hybridized carbons (Fsp3) is 0.0741. The Hall–Kier alpha value is -3.70. The molecule has 0 aliphatic rings. The number of carbonyl (C=O) groups is 3. The van der Waals surface area contributed by atoms with E-state index in [1.807, 2.05) is 6.07 Å². The van der Waals surface area contributed by atoms with E-state index < -0.39 is 11.8 Å². The van der Waals surface area contributed by atoms with Crippen molar-refractivity contribution in [3.8, 4) is 0 Å². The summed E-state index contributed by atoms with van der Waals surface area (Å²) in [7, 11) is 0. The lowest BCUT2D eigenvalue weighted by Crippen LogP contribution is -2.30. The number of hydrogen-bond acceptors (Lipinski definition) is 7. The summed E-state index contributed by atoms with van der Waals surface area (Å²) in [5, 5.41) is 17.9. The van der Waals surface area contributed by atoms with Gasteiger partial charge in [0.2, 0.25) is 11.0 Å². The standard InChI is InChI=1S/C27H21Cl2N5O3S2/c1-16-33-34-27(39-16)32-24(35)15-38-21-9-5-8-20(14-21)30-26(37)23(12-18-10-11-19(28)13-22(18)29)31-25(36)17-6-3-2-4-7-17/h2-14H,15H2,1H3,(H,30,37)(H,31,36)(H,32,34,35)/b23-12+. The first-order chi connectivity index (χ1) is 18.8. The van der Waals surface area contributed by atoms with Gasteiger partial charge in [0.25, 0.3) is 11.8 Å². The number of aromatic nitrogens is 2. The molecule has 1 heterocycles. The van der Waals surface area contributed by atoms with Crippen molar-refractivity contribution in [2.75, 3.05) is 16.4 Å². The Morgan fingerprint density at radius 2 is 1.74 bits per heavy atom. The second-order valence-electron chi connectivity index (χ2n) is 7.99. The summed E-state index contributed by atoms with van der Waals surface area (Å²) in [6, 6.07) is 20.4.